The van der Waals surface area contributed by atoms with E-state index in [-0.39, 0.29) is 0 Å². The molecular weight excluding hydrogens is 130 g/mol. The topological polar surface area (TPSA) is 42.2 Å². The van der Waals surface area contributed by atoms with E-state index in [2.05, 4.69) is 0 Å². The first kappa shape index (κ1) is 9.41. The van der Waals surface area contributed by atoms with Crippen molar-refractivity contribution in [2.45, 2.75) is 20.0 Å². The SMILES string of the molecule is CCOCC(C#N)OCC. The van der Waals surface area contributed by atoms with E-state index >= 15 is 0 Å². The Morgan fingerprint density at radius 1 is 1.40 bits per heavy atom. The van der Waals surface area contributed by atoms with Gasteiger partial charge in [-0.05, 0) is 13.8 Å². The fourth-order valence-corrected chi connectivity index (χ4v) is 0.549. The molecule has 10 heavy (non-hydrogen) atoms. The average molecular weight is 143 g/mol. The first-order valence-electron chi connectivity index (χ1n) is 3.44. The highest BCUT2D eigenvalue weighted by molar-refractivity contribution is 4.83. The predicted octanol–water partition coefficient (Wildman–Crippen LogP) is 0.952. The molecule has 0 heterocycles. The predicted molar refractivity (Wildman–Crippen MR) is 37.5 cm³/mol. The van der Waals surface area contributed by atoms with Gasteiger partial charge in [0, 0.05) is 13.2 Å². The van der Waals surface area contributed by atoms with Crippen molar-refractivity contribution in [3.05, 3.63) is 0 Å². The summed E-state index contributed by atoms with van der Waals surface area (Å²) in [6.45, 7) is 5.31. The van der Waals surface area contributed by atoms with Crippen molar-refractivity contribution < 1.29 is 9.47 Å². The summed E-state index contributed by atoms with van der Waals surface area (Å²) in [5.41, 5.74) is 0. The molecule has 0 radical (unpaired) electrons. The molecule has 1 atom stereocenters. The van der Waals surface area contributed by atoms with E-state index in [9.17, 15) is 0 Å². The molecule has 3 nitrogen and oxygen atoms in total. The van der Waals surface area contributed by atoms with Crippen LogP contribution in [0.3, 0.4) is 0 Å². The molecule has 0 aromatic carbocycles. The summed E-state index contributed by atoms with van der Waals surface area (Å²) in [7, 11) is 0. The fourth-order valence-electron chi connectivity index (χ4n) is 0.549. The van der Waals surface area contributed by atoms with Crippen LogP contribution in [-0.2, 0) is 9.47 Å². The number of hydrogen-bond acceptors (Lipinski definition) is 3. The average Bonchev–Trinajstić information content (AvgIpc) is 1.98. The molecule has 0 amide bonds. The van der Waals surface area contributed by atoms with Gasteiger partial charge in [-0.15, -0.1) is 0 Å². The molecule has 1 unspecified atom stereocenters. The Labute approximate surface area is 61.5 Å². The highest BCUT2D eigenvalue weighted by Crippen LogP contribution is 1.90. The Kier molecular flexibility index (Phi) is 6.14. The molecule has 0 aromatic heterocycles. The Morgan fingerprint density at radius 3 is 2.50 bits per heavy atom. The van der Waals surface area contributed by atoms with Gasteiger partial charge in [-0.2, -0.15) is 5.26 Å². The molecule has 58 valence electrons. The normalized spacial score (nSPS) is 12.5. The molecule has 0 rings (SSSR count). The molecule has 0 N–H and O–H groups in total. The van der Waals surface area contributed by atoms with Gasteiger partial charge in [-0.3, -0.25) is 0 Å². The minimum absolute atomic E-state index is 0.376. The molecule has 0 aromatic rings. The van der Waals surface area contributed by atoms with Crippen molar-refractivity contribution >= 4 is 0 Å². The maximum atomic E-state index is 8.43. The summed E-state index contributed by atoms with van der Waals surface area (Å²) in [4.78, 5) is 0. The standard InChI is InChI=1S/C7H13NO2/c1-3-9-6-7(5-8)10-4-2/h7H,3-4,6H2,1-2H3. The van der Waals surface area contributed by atoms with Crippen molar-refractivity contribution in [2.75, 3.05) is 19.8 Å². The van der Waals surface area contributed by atoms with Gasteiger partial charge < -0.3 is 9.47 Å². The van der Waals surface area contributed by atoms with Crippen LogP contribution < -0.4 is 0 Å². The minimum Gasteiger partial charge on any atom is -0.378 e. The Bertz CT molecular complexity index is 109. The highest BCUT2D eigenvalue weighted by Gasteiger charge is 2.04. The van der Waals surface area contributed by atoms with Crippen LogP contribution in [0, 0.1) is 11.3 Å². The first-order valence-corrected chi connectivity index (χ1v) is 3.44. The van der Waals surface area contributed by atoms with E-state index in [1.807, 2.05) is 19.9 Å². The van der Waals surface area contributed by atoms with Gasteiger partial charge in [0.25, 0.3) is 0 Å². The molecule has 0 bridgehead atoms. The fraction of sp³-hybridized carbons (Fsp3) is 0.857. The first-order chi connectivity index (χ1) is 4.85. The van der Waals surface area contributed by atoms with Gasteiger partial charge in [0.1, 0.15) is 0 Å². The second kappa shape index (κ2) is 6.53. The lowest BCUT2D eigenvalue weighted by atomic mass is 10.4. The summed E-state index contributed by atoms with van der Waals surface area (Å²) in [6, 6.07) is 1.99. The quantitative estimate of drug-likeness (QED) is 0.575. The van der Waals surface area contributed by atoms with E-state index < -0.39 is 6.10 Å². The van der Waals surface area contributed by atoms with Crippen LogP contribution in [0.25, 0.3) is 0 Å². The summed E-state index contributed by atoms with van der Waals surface area (Å²) in [5.74, 6) is 0. The zero-order chi connectivity index (χ0) is 7.82. The number of nitrogens with zero attached hydrogens (tertiary/aromatic N) is 1. The Balaban J connectivity index is 3.33. The Hall–Kier alpha value is -0.590. The van der Waals surface area contributed by atoms with Crippen molar-refractivity contribution in [1.82, 2.24) is 0 Å². The summed E-state index contributed by atoms with van der Waals surface area (Å²) in [5, 5.41) is 8.43. The van der Waals surface area contributed by atoms with Gasteiger partial charge in [-0.25, -0.2) is 0 Å². The van der Waals surface area contributed by atoms with Gasteiger partial charge in [0.2, 0.25) is 0 Å². The van der Waals surface area contributed by atoms with E-state index in [4.69, 9.17) is 14.7 Å². The van der Waals surface area contributed by atoms with Crippen molar-refractivity contribution in [2.24, 2.45) is 0 Å². The van der Waals surface area contributed by atoms with Crippen molar-refractivity contribution in [1.29, 1.82) is 5.26 Å². The smallest absolute Gasteiger partial charge is 0.167 e. The molecule has 0 aliphatic carbocycles. The summed E-state index contributed by atoms with van der Waals surface area (Å²) >= 11 is 0. The molecule has 0 aliphatic rings. The molecule has 3 heteroatoms. The van der Waals surface area contributed by atoms with Crippen molar-refractivity contribution in [3.8, 4) is 6.07 Å². The molecular formula is C7H13NO2. The van der Waals surface area contributed by atoms with Crippen LogP contribution >= 0.6 is 0 Å². The van der Waals surface area contributed by atoms with E-state index in [1.54, 1.807) is 0 Å². The second-order valence-electron chi connectivity index (χ2n) is 1.73. The third kappa shape index (κ3) is 4.30. The summed E-state index contributed by atoms with van der Waals surface area (Å²) in [6.07, 6.45) is -0.398. The van der Waals surface area contributed by atoms with E-state index in [0.29, 0.717) is 19.8 Å². The van der Waals surface area contributed by atoms with Gasteiger partial charge in [0.05, 0.1) is 12.7 Å². The van der Waals surface area contributed by atoms with Crippen LogP contribution in [-0.4, -0.2) is 25.9 Å². The van der Waals surface area contributed by atoms with Crippen LogP contribution in [0.2, 0.25) is 0 Å². The largest absolute Gasteiger partial charge is 0.378 e. The second-order valence-corrected chi connectivity index (χ2v) is 1.73. The number of nitriles is 1. The van der Waals surface area contributed by atoms with Gasteiger partial charge in [0.15, 0.2) is 6.10 Å². The summed E-state index contributed by atoms with van der Waals surface area (Å²) < 4.78 is 10.00. The van der Waals surface area contributed by atoms with Crippen molar-refractivity contribution in [3.63, 3.8) is 0 Å². The van der Waals surface area contributed by atoms with Crippen LogP contribution in [0.5, 0.6) is 0 Å². The van der Waals surface area contributed by atoms with Gasteiger partial charge in [-0.1, -0.05) is 0 Å². The van der Waals surface area contributed by atoms with Crippen LogP contribution in [0.1, 0.15) is 13.8 Å². The number of hydrogen-bond donors (Lipinski definition) is 0. The lowest BCUT2D eigenvalue weighted by Crippen LogP contribution is -2.17. The van der Waals surface area contributed by atoms with E-state index in [1.165, 1.54) is 0 Å². The lowest BCUT2D eigenvalue weighted by molar-refractivity contribution is 0.0213. The third-order valence-corrected chi connectivity index (χ3v) is 0.985. The number of ether oxygens (including phenoxy) is 2. The van der Waals surface area contributed by atoms with E-state index in [0.717, 1.165) is 0 Å². The minimum atomic E-state index is -0.398. The van der Waals surface area contributed by atoms with Crippen LogP contribution in [0.15, 0.2) is 0 Å². The molecule has 0 saturated carbocycles. The maximum absolute atomic E-state index is 8.43. The molecule has 0 fully saturated rings. The zero-order valence-corrected chi connectivity index (χ0v) is 6.46. The van der Waals surface area contributed by atoms with Crippen LogP contribution in [0.4, 0.5) is 0 Å². The van der Waals surface area contributed by atoms with Gasteiger partial charge >= 0.3 is 0 Å². The maximum Gasteiger partial charge on any atom is 0.167 e. The zero-order valence-electron chi connectivity index (χ0n) is 6.46. The highest BCUT2D eigenvalue weighted by atomic mass is 16.5. The number of rotatable bonds is 5. The molecule has 0 saturated heterocycles. The third-order valence-electron chi connectivity index (χ3n) is 0.985. The molecule has 0 spiro atoms. The molecule has 0 aliphatic heterocycles. The Morgan fingerprint density at radius 2 is 2.10 bits per heavy atom. The lowest BCUT2D eigenvalue weighted by Gasteiger charge is -2.07. The monoisotopic (exact) mass is 143 g/mol.